The number of ether oxygens (including phenoxy) is 2. The van der Waals surface area contributed by atoms with Gasteiger partial charge in [0.25, 0.3) is 20.2 Å². The van der Waals surface area contributed by atoms with Crippen molar-refractivity contribution >= 4 is 38.1 Å². The van der Waals surface area contributed by atoms with E-state index in [-0.39, 0.29) is 0 Å². The fourth-order valence-electron chi connectivity index (χ4n) is 3.21. The predicted octanol–water partition coefficient (Wildman–Crippen LogP) is 2.09. The molecule has 1 aromatic carbocycles. The molecule has 1 aliphatic heterocycles. The van der Waals surface area contributed by atoms with Gasteiger partial charge in [-0.3, -0.25) is 19.5 Å². The normalized spacial score (nSPS) is 13.4. The third-order valence-electron chi connectivity index (χ3n) is 4.78. The second-order valence-corrected chi connectivity index (χ2v) is 11.6. The van der Waals surface area contributed by atoms with Gasteiger partial charge in [0.2, 0.25) is 0 Å². The van der Waals surface area contributed by atoms with Gasteiger partial charge in [0.05, 0.1) is 38.5 Å². The summed E-state index contributed by atoms with van der Waals surface area (Å²) < 4.78 is 63.0. The van der Waals surface area contributed by atoms with Gasteiger partial charge >= 0.3 is 6.01 Å². The van der Waals surface area contributed by atoms with Crippen molar-refractivity contribution in [3.63, 3.8) is 0 Å². The Labute approximate surface area is 240 Å². The maximum Gasteiger partial charge on any atom is 0.320 e. The van der Waals surface area contributed by atoms with Crippen LogP contribution in [0.4, 0.5) is 11.6 Å². The summed E-state index contributed by atoms with van der Waals surface area (Å²) in [5.41, 5.74) is 6.17. The SMILES string of the molecule is CS(=O)(=O)O.CS(=O)(=O)O.Cc1cccc(C=NNc2cc(N3CCOCC3)nc(OCCc3ccccn3)n2)c1. The van der Waals surface area contributed by atoms with Gasteiger partial charge in [0.15, 0.2) is 5.82 Å². The zero-order chi connectivity index (χ0) is 30.3. The lowest BCUT2D eigenvalue weighted by Crippen LogP contribution is -2.36. The molecule has 224 valence electrons. The first-order chi connectivity index (χ1) is 19.3. The average Bonchev–Trinajstić information content (AvgIpc) is 2.88. The summed E-state index contributed by atoms with van der Waals surface area (Å²) in [5.74, 6) is 1.37. The fraction of sp³-hybridized carbons (Fsp3) is 0.360. The lowest BCUT2D eigenvalue weighted by molar-refractivity contribution is 0.122. The molecule has 4 rings (SSSR count). The zero-order valence-corrected chi connectivity index (χ0v) is 24.5. The third kappa shape index (κ3) is 16.9. The largest absolute Gasteiger partial charge is 0.463 e. The summed E-state index contributed by atoms with van der Waals surface area (Å²) in [4.78, 5) is 15.5. The van der Waals surface area contributed by atoms with Crippen LogP contribution >= 0.6 is 0 Å². The number of rotatable bonds is 8. The highest BCUT2D eigenvalue weighted by molar-refractivity contribution is 7.85. The molecule has 2 aromatic heterocycles. The number of benzene rings is 1. The summed E-state index contributed by atoms with van der Waals surface area (Å²) in [6.45, 7) is 5.39. The zero-order valence-electron chi connectivity index (χ0n) is 22.9. The number of anilines is 2. The molecule has 41 heavy (non-hydrogen) atoms. The van der Waals surface area contributed by atoms with E-state index < -0.39 is 20.2 Å². The molecule has 0 amide bonds. The van der Waals surface area contributed by atoms with E-state index in [9.17, 15) is 16.8 Å². The van der Waals surface area contributed by atoms with E-state index in [0.29, 0.717) is 50.6 Å². The molecule has 16 heteroatoms. The van der Waals surface area contributed by atoms with Gasteiger partial charge in [0.1, 0.15) is 5.82 Å². The quantitative estimate of drug-likeness (QED) is 0.191. The van der Waals surface area contributed by atoms with Gasteiger partial charge in [0, 0.05) is 37.5 Å². The van der Waals surface area contributed by atoms with Gasteiger partial charge in [-0.2, -0.15) is 31.9 Å². The lowest BCUT2D eigenvalue weighted by atomic mass is 10.2. The highest BCUT2D eigenvalue weighted by atomic mass is 32.2. The highest BCUT2D eigenvalue weighted by Crippen LogP contribution is 2.21. The molecule has 0 atom stereocenters. The molecule has 1 aliphatic rings. The monoisotopic (exact) mass is 610 g/mol. The first-order valence-corrected chi connectivity index (χ1v) is 15.9. The lowest BCUT2D eigenvalue weighted by Gasteiger charge is -2.28. The van der Waals surface area contributed by atoms with Crippen molar-refractivity contribution in [2.45, 2.75) is 13.3 Å². The highest BCUT2D eigenvalue weighted by Gasteiger charge is 2.15. The van der Waals surface area contributed by atoms with Crippen LogP contribution < -0.4 is 15.1 Å². The Balaban J connectivity index is 0.000000507. The van der Waals surface area contributed by atoms with Crippen molar-refractivity contribution in [1.82, 2.24) is 15.0 Å². The van der Waals surface area contributed by atoms with Crippen LogP contribution in [0, 0.1) is 6.92 Å². The number of nitrogens with zero attached hydrogens (tertiary/aromatic N) is 5. The molecular formula is C25H34N6O8S2. The molecule has 0 unspecified atom stereocenters. The van der Waals surface area contributed by atoms with Gasteiger partial charge < -0.3 is 14.4 Å². The minimum Gasteiger partial charge on any atom is -0.463 e. The second kappa shape index (κ2) is 16.5. The molecule has 14 nitrogen and oxygen atoms in total. The summed E-state index contributed by atoms with van der Waals surface area (Å²) in [6, 6.07) is 16.2. The van der Waals surface area contributed by atoms with Crippen LogP contribution in [0.3, 0.4) is 0 Å². The van der Waals surface area contributed by atoms with Crippen LogP contribution in [0.1, 0.15) is 16.8 Å². The first-order valence-electron chi connectivity index (χ1n) is 12.2. The Morgan fingerprint density at radius 1 is 1.02 bits per heavy atom. The molecule has 3 heterocycles. The van der Waals surface area contributed by atoms with Crippen molar-refractivity contribution in [2.24, 2.45) is 5.10 Å². The molecular weight excluding hydrogens is 576 g/mol. The van der Waals surface area contributed by atoms with Crippen molar-refractivity contribution in [2.75, 3.05) is 55.7 Å². The average molecular weight is 611 g/mol. The minimum atomic E-state index is -3.67. The number of hydrazone groups is 1. The number of hydrogen-bond acceptors (Lipinski definition) is 12. The molecule has 1 saturated heterocycles. The number of pyridine rings is 1. The topological polar surface area (TPSA) is 194 Å². The number of morpholine rings is 1. The van der Waals surface area contributed by atoms with Crippen LogP contribution in [0.25, 0.3) is 0 Å². The fourth-order valence-corrected chi connectivity index (χ4v) is 3.21. The van der Waals surface area contributed by atoms with Crippen molar-refractivity contribution < 1.29 is 35.4 Å². The number of aromatic nitrogens is 3. The number of nitrogens with one attached hydrogen (secondary N) is 1. The molecule has 3 N–H and O–H groups in total. The van der Waals surface area contributed by atoms with Crippen LogP contribution in [0.5, 0.6) is 6.01 Å². The van der Waals surface area contributed by atoms with Gasteiger partial charge in [-0.05, 0) is 24.6 Å². The van der Waals surface area contributed by atoms with E-state index in [1.54, 1.807) is 12.4 Å². The van der Waals surface area contributed by atoms with Crippen molar-refractivity contribution in [3.8, 4) is 6.01 Å². The molecule has 0 aliphatic carbocycles. The Hall–Kier alpha value is -3.70. The maximum absolute atomic E-state index is 9.19. The summed E-state index contributed by atoms with van der Waals surface area (Å²) >= 11 is 0. The van der Waals surface area contributed by atoms with Crippen LogP contribution in [0.15, 0.2) is 59.8 Å². The second-order valence-electron chi connectivity index (χ2n) is 8.66. The first kappa shape index (κ1) is 33.5. The Morgan fingerprint density at radius 2 is 1.71 bits per heavy atom. The standard InChI is InChI=1S/C23H26N6O2.2CH4O3S/c1-18-5-4-6-19(15-18)17-25-28-21-16-22(29-10-13-30-14-11-29)27-23(26-21)31-12-8-20-7-2-3-9-24-20;2*1-5(2,3)4/h2-7,9,15-17H,8,10-14H2,1H3,(H,26,27,28);2*1H3,(H,2,3,4). The smallest absolute Gasteiger partial charge is 0.320 e. The van der Waals surface area contributed by atoms with E-state index >= 15 is 0 Å². The number of aryl methyl sites for hydroxylation is 1. The minimum absolute atomic E-state index is 0.313. The predicted molar refractivity (Wildman–Crippen MR) is 156 cm³/mol. The molecule has 3 aromatic rings. The Kier molecular flexibility index (Phi) is 13.5. The Bertz CT molecular complexity index is 1420. The van der Waals surface area contributed by atoms with E-state index in [1.807, 2.05) is 36.4 Å². The van der Waals surface area contributed by atoms with Crippen molar-refractivity contribution in [3.05, 3.63) is 71.5 Å². The van der Waals surface area contributed by atoms with E-state index in [0.717, 1.165) is 30.2 Å². The Morgan fingerprint density at radius 3 is 2.32 bits per heavy atom. The molecule has 0 bridgehead atoms. The molecule has 1 fully saturated rings. The van der Waals surface area contributed by atoms with Gasteiger partial charge in [-0.15, -0.1) is 0 Å². The van der Waals surface area contributed by atoms with Crippen LogP contribution in [0.2, 0.25) is 0 Å². The van der Waals surface area contributed by atoms with Crippen molar-refractivity contribution in [1.29, 1.82) is 0 Å². The molecule has 0 radical (unpaired) electrons. The van der Waals surface area contributed by atoms with E-state index in [2.05, 4.69) is 49.4 Å². The maximum atomic E-state index is 9.19. The third-order valence-corrected chi connectivity index (χ3v) is 4.78. The molecule has 0 saturated carbocycles. The van der Waals surface area contributed by atoms with E-state index in [1.165, 1.54) is 5.56 Å². The van der Waals surface area contributed by atoms with Crippen LogP contribution in [-0.4, -0.2) is 92.5 Å². The summed E-state index contributed by atoms with van der Waals surface area (Å²) in [6.07, 6.45) is 5.66. The number of hydrogen-bond donors (Lipinski definition) is 3. The molecule has 0 spiro atoms. The summed E-state index contributed by atoms with van der Waals surface area (Å²) in [5, 5.41) is 4.33. The van der Waals surface area contributed by atoms with Crippen LogP contribution in [-0.2, 0) is 31.4 Å². The van der Waals surface area contributed by atoms with E-state index in [4.69, 9.17) is 18.6 Å². The summed E-state index contributed by atoms with van der Waals surface area (Å²) in [7, 11) is -7.33. The van der Waals surface area contributed by atoms with Gasteiger partial charge in [-0.25, -0.2) is 0 Å². The van der Waals surface area contributed by atoms with Gasteiger partial charge in [-0.1, -0.05) is 35.9 Å².